The highest BCUT2D eigenvalue weighted by molar-refractivity contribution is 7.14. The van der Waals surface area contributed by atoms with Crippen LogP contribution in [0.15, 0.2) is 29.6 Å². The normalized spacial score (nSPS) is 10.2. The van der Waals surface area contributed by atoms with Crippen molar-refractivity contribution in [3.05, 3.63) is 46.5 Å². The van der Waals surface area contributed by atoms with E-state index in [0.29, 0.717) is 11.7 Å². The first-order chi connectivity index (χ1) is 10.1. The summed E-state index contributed by atoms with van der Waals surface area (Å²) in [4.78, 5) is 26.9. The lowest BCUT2D eigenvalue weighted by atomic mass is 10.1. The minimum Gasteiger partial charge on any atom is -0.392 e. The Morgan fingerprint density at radius 1 is 1.33 bits per heavy atom. The van der Waals surface area contributed by atoms with Crippen molar-refractivity contribution in [2.45, 2.75) is 20.1 Å². The second kappa shape index (κ2) is 6.96. The molecule has 1 aromatic carbocycles. The Morgan fingerprint density at radius 2 is 2.10 bits per heavy atom. The van der Waals surface area contributed by atoms with Gasteiger partial charge in [0.2, 0.25) is 5.91 Å². The van der Waals surface area contributed by atoms with E-state index in [-0.39, 0.29) is 24.1 Å². The fourth-order valence-electron chi connectivity index (χ4n) is 1.70. The van der Waals surface area contributed by atoms with Gasteiger partial charge >= 0.3 is 0 Å². The van der Waals surface area contributed by atoms with Crippen molar-refractivity contribution in [3.63, 3.8) is 0 Å². The van der Waals surface area contributed by atoms with Crippen molar-refractivity contribution in [3.8, 4) is 0 Å². The summed E-state index contributed by atoms with van der Waals surface area (Å²) < 4.78 is 0. The first-order valence-corrected chi connectivity index (χ1v) is 7.16. The van der Waals surface area contributed by atoms with Crippen molar-refractivity contribution < 1.29 is 14.7 Å². The van der Waals surface area contributed by atoms with Gasteiger partial charge in [-0.15, -0.1) is 11.3 Å². The van der Waals surface area contributed by atoms with Gasteiger partial charge in [0.25, 0.3) is 5.91 Å². The summed E-state index contributed by atoms with van der Waals surface area (Å²) in [6.45, 7) is 1.70. The Hall–Kier alpha value is -2.25. The van der Waals surface area contributed by atoms with E-state index in [9.17, 15) is 9.59 Å². The number of hydrogen-bond donors (Lipinski definition) is 3. The maximum atomic E-state index is 11.9. The molecule has 21 heavy (non-hydrogen) atoms. The zero-order valence-corrected chi connectivity index (χ0v) is 12.2. The smallest absolute Gasteiger partial charge is 0.271 e. The van der Waals surface area contributed by atoms with Gasteiger partial charge in [0.1, 0.15) is 5.69 Å². The van der Waals surface area contributed by atoms with Crippen LogP contribution >= 0.6 is 11.3 Å². The molecular formula is C14H15N3O3S. The van der Waals surface area contributed by atoms with Gasteiger partial charge in [-0.2, -0.15) is 0 Å². The van der Waals surface area contributed by atoms with E-state index in [2.05, 4.69) is 15.6 Å². The van der Waals surface area contributed by atoms with E-state index in [1.54, 1.807) is 5.38 Å². The Bertz CT molecular complexity index is 654. The summed E-state index contributed by atoms with van der Waals surface area (Å²) in [7, 11) is 0. The van der Waals surface area contributed by atoms with Crippen LogP contribution in [0.5, 0.6) is 0 Å². The maximum Gasteiger partial charge on any atom is 0.271 e. The highest BCUT2D eigenvalue weighted by Gasteiger charge is 2.11. The van der Waals surface area contributed by atoms with Crippen LogP contribution in [0.25, 0.3) is 0 Å². The zero-order valence-electron chi connectivity index (χ0n) is 11.4. The van der Waals surface area contributed by atoms with E-state index in [1.165, 1.54) is 18.3 Å². The lowest BCUT2D eigenvalue weighted by Crippen LogP contribution is -2.23. The van der Waals surface area contributed by atoms with Crippen molar-refractivity contribution >= 4 is 28.3 Å². The molecule has 0 radical (unpaired) electrons. The van der Waals surface area contributed by atoms with Gasteiger partial charge in [-0.25, -0.2) is 4.98 Å². The van der Waals surface area contributed by atoms with Crippen LogP contribution in [-0.2, 0) is 17.9 Å². The molecule has 1 heterocycles. The van der Waals surface area contributed by atoms with Crippen LogP contribution in [0.3, 0.4) is 0 Å². The fraction of sp³-hybridized carbons (Fsp3) is 0.214. The number of nitrogens with one attached hydrogen (secondary N) is 2. The average Bonchev–Trinajstić information content (AvgIpc) is 2.92. The van der Waals surface area contributed by atoms with E-state index >= 15 is 0 Å². The summed E-state index contributed by atoms with van der Waals surface area (Å²) in [6, 6.07) is 7.32. The SMILES string of the molecule is CC(=O)Nc1nc(C(=O)NCc2cccc(CO)c2)cs1. The molecule has 0 aliphatic heterocycles. The highest BCUT2D eigenvalue weighted by atomic mass is 32.1. The Labute approximate surface area is 125 Å². The molecular weight excluding hydrogens is 290 g/mol. The highest BCUT2D eigenvalue weighted by Crippen LogP contribution is 2.15. The van der Waals surface area contributed by atoms with Gasteiger partial charge in [0, 0.05) is 18.8 Å². The molecule has 3 N–H and O–H groups in total. The average molecular weight is 305 g/mol. The summed E-state index contributed by atoms with van der Waals surface area (Å²) in [5.74, 6) is -0.533. The van der Waals surface area contributed by atoms with Gasteiger partial charge in [-0.3, -0.25) is 9.59 Å². The monoisotopic (exact) mass is 305 g/mol. The van der Waals surface area contributed by atoms with Gasteiger partial charge < -0.3 is 15.7 Å². The van der Waals surface area contributed by atoms with Crippen molar-refractivity contribution in [1.29, 1.82) is 0 Å². The van der Waals surface area contributed by atoms with Crippen LogP contribution in [-0.4, -0.2) is 21.9 Å². The summed E-state index contributed by atoms with van der Waals surface area (Å²) in [5.41, 5.74) is 1.96. The standard InChI is InChI=1S/C14H15N3O3S/c1-9(19)16-14-17-12(8-21-14)13(20)15-6-10-3-2-4-11(5-10)7-18/h2-5,8,18H,6-7H2,1H3,(H,15,20)(H,16,17,19). The lowest BCUT2D eigenvalue weighted by Gasteiger charge is -2.05. The second-order valence-electron chi connectivity index (χ2n) is 4.38. The van der Waals surface area contributed by atoms with E-state index in [0.717, 1.165) is 11.1 Å². The molecule has 0 fully saturated rings. The molecule has 0 spiro atoms. The van der Waals surface area contributed by atoms with Gasteiger partial charge in [0.05, 0.1) is 6.61 Å². The van der Waals surface area contributed by atoms with Crippen LogP contribution < -0.4 is 10.6 Å². The predicted molar refractivity (Wildman–Crippen MR) is 80.0 cm³/mol. The van der Waals surface area contributed by atoms with E-state index in [1.807, 2.05) is 24.3 Å². The number of carbonyl (C=O) groups is 2. The third-order valence-electron chi connectivity index (χ3n) is 2.65. The van der Waals surface area contributed by atoms with Crippen LogP contribution in [0.4, 0.5) is 5.13 Å². The molecule has 0 saturated heterocycles. The molecule has 1 aromatic heterocycles. The molecule has 2 amide bonds. The quantitative estimate of drug-likeness (QED) is 0.781. The topological polar surface area (TPSA) is 91.3 Å². The van der Waals surface area contributed by atoms with Gasteiger partial charge in [-0.05, 0) is 11.1 Å². The molecule has 0 aliphatic rings. The molecule has 0 bridgehead atoms. The van der Waals surface area contributed by atoms with Gasteiger partial charge in [0.15, 0.2) is 5.13 Å². The Kier molecular flexibility index (Phi) is 5.02. The van der Waals surface area contributed by atoms with Crippen molar-refractivity contribution in [2.75, 3.05) is 5.32 Å². The van der Waals surface area contributed by atoms with Crippen molar-refractivity contribution in [1.82, 2.24) is 10.3 Å². The molecule has 2 aromatic rings. The number of benzene rings is 1. The number of anilines is 1. The molecule has 110 valence electrons. The van der Waals surface area contributed by atoms with Crippen LogP contribution in [0.2, 0.25) is 0 Å². The molecule has 0 atom stereocenters. The lowest BCUT2D eigenvalue weighted by molar-refractivity contribution is -0.114. The Morgan fingerprint density at radius 3 is 2.81 bits per heavy atom. The van der Waals surface area contributed by atoms with Crippen molar-refractivity contribution in [2.24, 2.45) is 0 Å². The molecule has 6 nitrogen and oxygen atoms in total. The number of nitrogens with zero attached hydrogens (tertiary/aromatic N) is 1. The number of amides is 2. The third-order valence-corrected chi connectivity index (χ3v) is 3.40. The summed E-state index contributed by atoms with van der Waals surface area (Å²) in [5, 5.41) is 16.3. The van der Waals surface area contributed by atoms with E-state index in [4.69, 9.17) is 5.11 Å². The van der Waals surface area contributed by atoms with Crippen LogP contribution in [0, 0.1) is 0 Å². The first-order valence-electron chi connectivity index (χ1n) is 6.28. The number of rotatable bonds is 5. The molecule has 7 heteroatoms. The summed E-state index contributed by atoms with van der Waals surface area (Å²) in [6.07, 6.45) is 0. The molecule has 0 aliphatic carbocycles. The number of thiazole rings is 1. The molecule has 2 rings (SSSR count). The summed E-state index contributed by atoms with van der Waals surface area (Å²) >= 11 is 1.20. The molecule has 0 saturated carbocycles. The van der Waals surface area contributed by atoms with E-state index < -0.39 is 0 Å². The third kappa shape index (κ3) is 4.37. The maximum absolute atomic E-state index is 11.9. The fourth-order valence-corrected chi connectivity index (χ4v) is 2.43. The molecule has 0 unspecified atom stereocenters. The first kappa shape index (κ1) is 15.1. The number of hydrogen-bond acceptors (Lipinski definition) is 5. The largest absolute Gasteiger partial charge is 0.392 e. The zero-order chi connectivity index (χ0) is 15.2. The number of aliphatic hydroxyl groups excluding tert-OH is 1. The van der Waals surface area contributed by atoms with Crippen LogP contribution in [0.1, 0.15) is 28.5 Å². The predicted octanol–water partition coefficient (Wildman–Crippen LogP) is 1.52. The number of carbonyl (C=O) groups excluding carboxylic acids is 2. The minimum atomic E-state index is -0.308. The van der Waals surface area contributed by atoms with Gasteiger partial charge in [-0.1, -0.05) is 24.3 Å². The number of aromatic nitrogens is 1. The second-order valence-corrected chi connectivity index (χ2v) is 5.24. The Balaban J connectivity index is 1.94. The number of aliphatic hydroxyl groups is 1. The minimum absolute atomic E-state index is 0.0338.